The summed E-state index contributed by atoms with van der Waals surface area (Å²) in [4.78, 5) is 12.1. The van der Waals surface area contributed by atoms with E-state index >= 15 is 0 Å². The predicted molar refractivity (Wildman–Crippen MR) is 99.6 cm³/mol. The van der Waals surface area contributed by atoms with Gasteiger partial charge in [-0.1, -0.05) is 60.7 Å². The molecule has 0 aliphatic rings. The number of rotatable bonds is 6. The van der Waals surface area contributed by atoms with E-state index < -0.39 is 0 Å². The van der Waals surface area contributed by atoms with Gasteiger partial charge in [-0.15, -0.1) is 0 Å². The van der Waals surface area contributed by atoms with Crippen molar-refractivity contribution in [3.05, 3.63) is 71.8 Å². The maximum atomic E-state index is 5.68. The normalized spacial score (nSPS) is 11.0. The van der Waals surface area contributed by atoms with Gasteiger partial charge in [0, 0.05) is 0 Å². The predicted octanol–water partition coefficient (Wildman–Crippen LogP) is 2.35. The Labute approximate surface area is 144 Å². The van der Waals surface area contributed by atoms with E-state index in [1.165, 1.54) is 0 Å². The second-order valence-corrected chi connectivity index (χ2v) is 4.90. The maximum absolute atomic E-state index is 5.68. The van der Waals surface area contributed by atoms with Crippen LogP contribution in [0.4, 0.5) is 17.8 Å². The summed E-state index contributed by atoms with van der Waals surface area (Å²) in [5.74, 6) is 0.499. The Morgan fingerprint density at radius 2 is 1.12 bits per heavy atom. The lowest BCUT2D eigenvalue weighted by Crippen LogP contribution is -2.06. The number of hydrazone groups is 2. The Morgan fingerprint density at radius 1 is 0.680 bits per heavy atom. The average molecular weight is 332 g/mol. The molecule has 8 heteroatoms. The molecule has 0 saturated carbocycles. The van der Waals surface area contributed by atoms with E-state index in [9.17, 15) is 0 Å². The Morgan fingerprint density at radius 3 is 1.56 bits per heavy atom. The molecule has 4 N–H and O–H groups in total. The van der Waals surface area contributed by atoms with E-state index in [1.807, 2.05) is 60.7 Å². The van der Waals surface area contributed by atoms with Crippen molar-refractivity contribution < 1.29 is 0 Å². The third-order valence-electron chi connectivity index (χ3n) is 3.01. The van der Waals surface area contributed by atoms with Crippen molar-refractivity contribution in [2.45, 2.75) is 0 Å². The van der Waals surface area contributed by atoms with Crippen LogP contribution in [-0.4, -0.2) is 27.4 Å². The standard InChI is InChI=1S/C17H16N8/c18-15-21-16(24-19-11-13-7-3-1-4-8-13)23-17(22-15)25-20-12-14-9-5-2-6-10-14/h1-12H,(H4,18,21,22,23,24,25). The first-order valence-corrected chi connectivity index (χ1v) is 7.49. The Kier molecular flexibility index (Phi) is 5.24. The molecule has 0 unspecified atom stereocenters. The number of nitrogens with two attached hydrogens (primary N) is 1. The van der Waals surface area contributed by atoms with Gasteiger partial charge in [0.1, 0.15) is 0 Å². The third kappa shape index (κ3) is 5.10. The highest BCUT2D eigenvalue weighted by molar-refractivity contribution is 5.80. The fourth-order valence-corrected chi connectivity index (χ4v) is 1.90. The van der Waals surface area contributed by atoms with Crippen LogP contribution in [0.15, 0.2) is 70.9 Å². The zero-order valence-electron chi connectivity index (χ0n) is 13.2. The lowest BCUT2D eigenvalue weighted by atomic mass is 10.2. The average Bonchev–Trinajstić information content (AvgIpc) is 2.63. The molecule has 0 saturated heterocycles. The summed E-state index contributed by atoms with van der Waals surface area (Å²) in [7, 11) is 0. The molecule has 0 radical (unpaired) electrons. The molecule has 0 aliphatic heterocycles. The van der Waals surface area contributed by atoms with Gasteiger partial charge in [0.15, 0.2) is 0 Å². The molecule has 1 heterocycles. The molecule has 0 aliphatic carbocycles. The molecular formula is C17H16N8. The molecule has 25 heavy (non-hydrogen) atoms. The summed E-state index contributed by atoms with van der Waals surface area (Å²) < 4.78 is 0. The van der Waals surface area contributed by atoms with Crippen molar-refractivity contribution in [2.75, 3.05) is 16.6 Å². The molecule has 0 amide bonds. The molecule has 8 nitrogen and oxygen atoms in total. The van der Waals surface area contributed by atoms with Crippen LogP contribution in [-0.2, 0) is 0 Å². The van der Waals surface area contributed by atoms with Crippen molar-refractivity contribution >= 4 is 30.3 Å². The fourth-order valence-electron chi connectivity index (χ4n) is 1.90. The summed E-state index contributed by atoms with van der Waals surface area (Å²) in [6.45, 7) is 0. The fraction of sp³-hybridized carbons (Fsp3) is 0. The van der Waals surface area contributed by atoms with Crippen LogP contribution in [0.1, 0.15) is 11.1 Å². The molecule has 0 bridgehead atoms. The van der Waals surface area contributed by atoms with Crippen LogP contribution in [0.25, 0.3) is 0 Å². The molecule has 1 aromatic heterocycles. The highest BCUT2D eigenvalue weighted by Gasteiger charge is 2.02. The van der Waals surface area contributed by atoms with Crippen molar-refractivity contribution in [2.24, 2.45) is 10.2 Å². The Balaban J connectivity index is 1.64. The highest BCUT2D eigenvalue weighted by Crippen LogP contribution is 2.07. The first-order chi connectivity index (χ1) is 12.3. The molecular weight excluding hydrogens is 316 g/mol. The quantitative estimate of drug-likeness (QED) is 0.471. The zero-order chi connectivity index (χ0) is 17.3. The Hall–Kier alpha value is -3.81. The zero-order valence-corrected chi connectivity index (χ0v) is 13.2. The molecule has 0 fully saturated rings. The Bertz CT molecular complexity index is 793. The van der Waals surface area contributed by atoms with E-state index in [4.69, 9.17) is 5.73 Å². The molecule has 0 spiro atoms. The summed E-state index contributed by atoms with van der Waals surface area (Å²) in [5, 5.41) is 8.14. The number of hydrogen-bond donors (Lipinski definition) is 3. The van der Waals surface area contributed by atoms with Gasteiger partial charge >= 0.3 is 0 Å². The van der Waals surface area contributed by atoms with Crippen LogP contribution >= 0.6 is 0 Å². The smallest absolute Gasteiger partial charge is 0.250 e. The van der Waals surface area contributed by atoms with Crippen molar-refractivity contribution in [1.82, 2.24) is 15.0 Å². The summed E-state index contributed by atoms with van der Waals surface area (Å²) in [6, 6.07) is 19.3. The minimum Gasteiger partial charge on any atom is -0.368 e. The highest BCUT2D eigenvalue weighted by atomic mass is 15.4. The lowest BCUT2D eigenvalue weighted by Gasteiger charge is -2.03. The van der Waals surface area contributed by atoms with Gasteiger partial charge in [-0.25, -0.2) is 10.9 Å². The number of aromatic nitrogens is 3. The molecule has 124 valence electrons. The van der Waals surface area contributed by atoms with Gasteiger partial charge in [0.2, 0.25) is 17.8 Å². The van der Waals surface area contributed by atoms with Crippen LogP contribution in [0.5, 0.6) is 0 Å². The minimum atomic E-state index is 0.0600. The van der Waals surface area contributed by atoms with Crippen molar-refractivity contribution in [3.8, 4) is 0 Å². The van der Waals surface area contributed by atoms with Crippen LogP contribution in [0.2, 0.25) is 0 Å². The SMILES string of the molecule is Nc1nc(NN=Cc2ccccc2)nc(NN=Cc2ccccc2)n1. The molecule has 3 aromatic rings. The maximum Gasteiger partial charge on any atom is 0.250 e. The third-order valence-corrected chi connectivity index (χ3v) is 3.01. The lowest BCUT2D eigenvalue weighted by molar-refractivity contribution is 1.03. The monoisotopic (exact) mass is 332 g/mol. The van der Waals surface area contributed by atoms with Crippen LogP contribution in [0.3, 0.4) is 0 Å². The first kappa shape index (κ1) is 16.1. The van der Waals surface area contributed by atoms with Gasteiger partial charge < -0.3 is 5.73 Å². The first-order valence-electron chi connectivity index (χ1n) is 7.49. The van der Waals surface area contributed by atoms with E-state index in [-0.39, 0.29) is 17.8 Å². The second kappa shape index (κ2) is 8.16. The number of nitrogens with one attached hydrogen (secondary N) is 2. The van der Waals surface area contributed by atoms with Gasteiger partial charge in [0.05, 0.1) is 12.4 Å². The summed E-state index contributed by atoms with van der Waals surface area (Å²) in [6.07, 6.45) is 3.31. The molecule has 3 rings (SSSR count). The molecule has 2 aromatic carbocycles. The number of benzene rings is 2. The van der Waals surface area contributed by atoms with E-state index in [2.05, 4.69) is 36.0 Å². The van der Waals surface area contributed by atoms with Crippen molar-refractivity contribution in [3.63, 3.8) is 0 Å². The number of nitrogens with zero attached hydrogens (tertiary/aromatic N) is 5. The number of anilines is 3. The second-order valence-electron chi connectivity index (χ2n) is 4.90. The topological polar surface area (TPSA) is 113 Å². The molecule has 0 atom stereocenters. The van der Waals surface area contributed by atoms with Gasteiger partial charge in [-0.2, -0.15) is 25.2 Å². The van der Waals surface area contributed by atoms with Gasteiger partial charge in [-0.05, 0) is 11.1 Å². The van der Waals surface area contributed by atoms with E-state index in [0.29, 0.717) is 0 Å². The van der Waals surface area contributed by atoms with Crippen LogP contribution < -0.4 is 16.6 Å². The number of nitrogen functional groups attached to an aromatic ring is 1. The van der Waals surface area contributed by atoms with Gasteiger partial charge in [0.25, 0.3) is 0 Å². The minimum absolute atomic E-state index is 0.0600. The largest absolute Gasteiger partial charge is 0.368 e. The van der Waals surface area contributed by atoms with Gasteiger partial charge in [-0.3, -0.25) is 0 Å². The summed E-state index contributed by atoms with van der Waals surface area (Å²) >= 11 is 0. The number of hydrogen-bond acceptors (Lipinski definition) is 8. The summed E-state index contributed by atoms with van der Waals surface area (Å²) in [5.41, 5.74) is 13.0. The van der Waals surface area contributed by atoms with E-state index in [0.717, 1.165) is 11.1 Å². The van der Waals surface area contributed by atoms with E-state index in [1.54, 1.807) is 12.4 Å². The van der Waals surface area contributed by atoms with Crippen LogP contribution in [0, 0.1) is 0 Å². The van der Waals surface area contributed by atoms with Crippen molar-refractivity contribution in [1.29, 1.82) is 0 Å².